The zero-order valence-electron chi connectivity index (χ0n) is 11.3. The van der Waals surface area contributed by atoms with Crippen LogP contribution in [0.3, 0.4) is 0 Å². The van der Waals surface area contributed by atoms with Crippen LogP contribution in [0.2, 0.25) is 0 Å². The maximum Gasteiger partial charge on any atom is 0.239 e. The van der Waals surface area contributed by atoms with E-state index in [1.807, 2.05) is 45.0 Å². The third-order valence-corrected chi connectivity index (χ3v) is 2.64. The summed E-state index contributed by atoms with van der Waals surface area (Å²) in [5.41, 5.74) is 0.915. The zero-order chi connectivity index (χ0) is 13.4. The molecule has 0 aliphatic heterocycles. The van der Waals surface area contributed by atoms with Crippen molar-refractivity contribution in [2.75, 3.05) is 18.5 Å². The molecule has 0 fully saturated rings. The molecule has 4 nitrogen and oxygen atoms in total. The van der Waals surface area contributed by atoms with Crippen LogP contribution in [0.15, 0.2) is 24.3 Å². The number of rotatable bonds is 7. The number of ether oxygens (including phenoxy) is 1. The lowest BCUT2D eigenvalue weighted by Gasteiger charge is -2.12. The molecule has 1 atom stereocenters. The van der Waals surface area contributed by atoms with Gasteiger partial charge in [0.05, 0.1) is 13.2 Å². The molecule has 0 aliphatic carbocycles. The fourth-order valence-electron chi connectivity index (χ4n) is 1.45. The summed E-state index contributed by atoms with van der Waals surface area (Å²) in [7, 11) is 0. The molecule has 0 saturated heterocycles. The molecule has 0 heterocycles. The molecule has 1 aromatic rings. The Kier molecular flexibility index (Phi) is 6.05. The second-order valence-corrected chi connectivity index (χ2v) is 4.19. The van der Waals surface area contributed by atoms with Gasteiger partial charge in [0, 0.05) is 11.7 Å². The van der Waals surface area contributed by atoms with Crippen LogP contribution < -0.4 is 15.4 Å². The van der Waals surface area contributed by atoms with Crippen molar-refractivity contribution < 1.29 is 9.53 Å². The average Bonchev–Trinajstić information content (AvgIpc) is 2.38. The van der Waals surface area contributed by atoms with Gasteiger partial charge in [-0.1, -0.05) is 6.92 Å². The Bertz CT molecular complexity index is 363. The Morgan fingerprint density at radius 2 is 1.94 bits per heavy atom. The molecule has 0 spiro atoms. The minimum atomic E-state index is 0.0123. The second kappa shape index (κ2) is 7.58. The van der Waals surface area contributed by atoms with Crippen LogP contribution >= 0.6 is 0 Å². The van der Waals surface area contributed by atoms with Crippen LogP contribution in [0.5, 0.6) is 5.75 Å². The minimum absolute atomic E-state index is 0.0123. The molecule has 0 saturated carbocycles. The van der Waals surface area contributed by atoms with Crippen LogP contribution in [0.4, 0.5) is 5.69 Å². The second-order valence-electron chi connectivity index (χ2n) is 4.19. The Morgan fingerprint density at radius 1 is 1.28 bits per heavy atom. The molecule has 100 valence electrons. The van der Waals surface area contributed by atoms with Gasteiger partial charge in [-0.05, 0) is 44.5 Å². The fraction of sp³-hybridized carbons (Fsp3) is 0.500. The van der Waals surface area contributed by atoms with Crippen molar-refractivity contribution in [3.63, 3.8) is 0 Å². The van der Waals surface area contributed by atoms with Crippen LogP contribution in [-0.2, 0) is 4.79 Å². The summed E-state index contributed by atoms with van der Waals surface area (Å²) in [5, 5.41) is 5.98. The predicted molar refractivity (Wildman–Crippen MR) is 74.0 cm³/mol. The van der Waals surface area contributed by atoms with Crippen molar-refractivity contribution >= 4 is 11.6 Å². The topological polar surface area (TPSA) is 50.4 Å². The van der Waals surface area contributed by atoms with E-state index >= 15 is 0 Å². The Labute approximate surface area is 109 Å². The summed E-state index contributed by atoms with van der Waals surface area (Å²) < 4.78 is 5.35. The van der Waals surface area contributed by atoms with Gasteiger partial charge in [-0.15, -0.1) is 0 Å². The third kappa shape index (κ3) is 5.08. The first-order valence-electron chi connectivity index (χ1n) is 6.41. The Morgan fingerprint density at radius 3 is 2.50 bits per heavy atom. The molecular formula is C14H22N2O2. The standard InChI is InChI=1S/C14H22N2O2/c1-4-11(3)16-14(17)10-15-12-6-8-13(9-7-12)18-5-2/h6-9,11,15H,4-5,10H2,1-3H3,(H,16,17). The molecule has 1 rings (SSSR count). The highest BCUT2D eigenvalue weighted by molar-refractivity contribution is 5.80. The number of hydrogen-bond acceptors (Lipinski definition) is 3. The minimum Gasteiger partial charge on any atom is -0.494 e. The number of benzene rings is 1. The van der Waals surface area contributed by atoms with Crippen molar-refractivity contribution in [1.29, 1.82) is 0 Å². The maximum absolute atomic E-state index is 11.6. The molecule has 1 unspecified atom stereocenters. The van der Waals surface area contributed by atoms with E-state index in [1.54, 1.807) is 0 Å². The van der Waals surface area contributed by atoms with Gasteiger partial charge in [-0.3, -0.25) is 4.79 Å². The van der Waals surface area contributed by atoms with Gasteiger partial charge in [-0.2, -0.15) is 0 Å². The first-order valence-corrected chi connectivity index (χ1v) is 6.41. The fourth-order valence-corrected chi connectivity index (χ4v) is 1.45. The van der Waals surface area contributed by atoms with E-state index < -0.39 is 0 Å². The first-order chi connectivity index (χ1) is 8.65. The zero-order valence-corrected chi connectivity index (χ0v) is 11.3. The van der Waals surface area contributed by atoms with Crippen LogP contribution in [0, 0.1) is 0 Å². The van der Waals surface area contributed by atoms with Crippen molar-refractivity contribution in [3.8, 4) is 5.75 Å². The number of anilines is 1. The van der Waals surface area contributed by atoms with Gasteiger partial charge >= 0.3 is 0 Å². The highest BCUT2D eigenvalue weighted by atomic mass is 16.5. The SMILES string of the molecule is CCOc1ccc(NCC(=O)NC(C)CC)cc1. The van der Waals surface area contributed by atoms with Crippen LogP contribution in [-0.4, -0.2) is 25.1 Å². The number of carbonyl (C=O) groups is 1. The summed E-state index contributed by atoms with van der Waals surface area (Å²) in [6.45, 7) is 6.94. The molecule has 1 amide bonds. The van der Waals surface area contributed by atoms with E-state index in [9.17, 15) is 4.79 Å². The quantitative estimate of drug-likeness (QED) is 0.781. The lowest BCUT2D eigenvalue weighted by molar-refractivity contribution is -0.120. The Balaban J connectivity index is 2.36. The smallest absolute Gasteiger partial charge is 0.239 e. The summed E-state index contributed by atoms with van der Waals surface area (Å²) >= 11 is 0. The maximum atomic E-state index is 11.6. The highest BCUT2D eigenvalue weighted by Gasteiger charge is 2.04. The Hall–Kier alpha value is -1.71. The number of nitrogens with one attached hydrogen (secondary N) is 2. The largest absolute Gasteiger partial charge is 0.494 e. The van der Waals surface area contributed by atoms with Crippen molar-refractivity contribution in [2.45, 2.75) is 33.2 Å². The highest BCUT2D eigenvalue weighted by Crippen LogP contribution is 2.15. The van der Waals surface area contributed by atoms with Crippen molar-refractivity contribution in [3.05, 3.63) is 24.3 Å². The molecule has 0 radical (unpaired) electrons. The number of amides is 1. The van der Waals surface area contributed by atoms with E-state index in [-0.39, 0.29) is 11.9 Å². The van der Waals surface area contributed by atoms with Crippen molar-refractivity contribution in [2.24, 2.45) is 0 Å². The van der Waals surface area contributed by atoms with E-state index in [2.05, 4.69) is 10.6 Å². The van der Waals surface area contributed by atoms with Gasteiger partial charge in [0.25, 0.3) is 0 Å². The summed E-state index contributed by atoms with van der Waals surface area (Å²) in [5.74, 6) is 0.852. The molecule has 4 heteroatoms. The van der Waals surface area contributed by atoms with Crippen LogP contribution in [0.25, 0.3) is 0 Å². The average molecular weight is 250 g/mol. The lowest BCUT2D eigenvalue weighted by Crippen LogP contribution is -2.36. The third-order valence-electron chi connectivity index (χ3n) is 2.64. The molecule has 0 bridgehead atoms. The first kappa shape index (κ1) is 14.4. The van der Waals surface area contributed by atoms with Gasteiger partial charge in [-0.25, -0.2) is 0 Å². The van der Waals surface area contributed by atoms with Gasteiger partial charge in [0.15, 0.2) is 0 Å². The van der Waals surface area contributed by atoms with Gasteiger partial charge in [0.1, 0.15) is 5.75 Å². The molecule has 0 aliphatic rings. The molecule has 0 aromatic heterocycles. The van der Waals surface area contributed by atoms with E-state index in [4.69, 9.17) is 4.74 Å². The van der Waals surface area contributed by atoms with E-state index in [0.29, 0.717) is 13.2 Å². The summed E-state index contributed by atoms with van der Waals surface area (Å²) in [6.07, 6.45) is 0.939. The summed E-state index contributed by atoms with van der Waals surface area (Å²) in [6, 6.07) is 7.81. The number of carbonyl (C=O) groups excluding carboxylic acids is 1. The normalized spacial score (nSPS) is 11.7. The van der Waals surface area contributed by atoms with Gasteiger partial charge in [0.2, 0.25) is 5.91 Å². The van der Waals surface area contributed by atoms with E-state index in [0.717, 1.165) is 17.9 Å². The molecule has 1 aromatic carbocycles. The number of hydrogen-bond donors (Lipinski definition) is 2. The lowest BCUT2D eigenvalue weighted by atomic mass is 10.2. The molecule has 18 heavy (non-hydrogen) atoms. The predicted octanol–water partition coefficient (Wildman–Crippen LogP) is 2.41. The molecular weight excluding hydrogens is 228 g/mol. The van der Waals surface area contributed by atoms with E-state index in [1.165, 1.54) is 0 Å². The summed E-state index contributed by atoms with van der Waals surface area (Å²) in [4.78, 5) is 11.6. The monoisotopic (exact) mass is 250 g/mol. The van der Waals surface area contributed by atoms with Gasteiger partial charge < -0.3 is 15.4 Å². The van der Waals surface area contributed by atoms with Crippen LogP contribution in [0.1, 0.15) is 27.2 Å². The van der Waals surface area contributed by atoms with Crippen molar-refractivity contribution in [1.82, 2.24) is 5.32 Å². The molecule has 2 N–H and O–H groups in total.